The third kappa shape index (κ3) is 3.62. The summed E-state index contributed by atoms with van der Waals surface area (Å²) in [5.41, 5.74) is 2.68. The molecule has 1 N–H and O–H groups in total. The highest BCUT2D eigenvalue weighted by molar-refractivity contribution is 6.11. The van der Waals surface area contributed by atoms with Gasteiger partial charge in [-0.25, -0.2) is 0 Å². The van der Waals surface area contributed by atoms with Crippen LogP contribution in [0.5, 0.6) is 0 Å². The number of fused-ring (bicyclic) bond motifs is 3. The highest BCUT2D eigenvalue weighted by atomic mass is 16.5. The Hall–Kier alpha value is -3.17. The Bertz CT molecular complexity index is 1130. The number of aryl methyl sites for hydroxylation is 1. The van der Waals surface area contributed by atoms with Gasteiger partial charge in [0.15, 0.2) is 6.23 Å². The first kappa shape index (κ1) is 18.2. The van der Waals surface area contributed by atoms with Crippen molar-refractivity contribution in [3.63, 3.8) is 0 Å². The van der Waals surface area contributed by atoms with Crippen molar-refractivity contribution in [1.82, 2.24) is 0 Å². The first-order valence-electron chi connectivity index (χ1n) is 9.56. The zero-order chi connectivity index (χ0) is 19.5. The molecule has 4 aromatic carbocycles. The average Bonchev–Trinajstić information content (AvgIpc) is 2.74. The summed E-state index contributed by atoms with van der Waals surface area (Å²) in [5.74, 6) is -0.0720. The maximum atomic E-state index is 13.2. The Morgan fingerprint density at radius 1 is 0.893 bits per heavy atom. The van der Waals surface area contributed by atoms with Gasteiger partial charge in [-0.1, -0.05) is 66.2 Å². The van der Waals surface area contributed by atoms with Crippen LogP contribution in [0.4, 0.5) is 5.69 Å². The van der Waals surface area contributed by atoms with Gasteiger partial charge in [0.2, 0.25) is 5.78 Å². The number of Topliss-reactive ketones (excluding diaryl/α,β-unsaturated/α-hetero) is 1. The van der Waals surface area contributed by atoms with E-state index in [4.69, 9.17) is 4.74 Å². The highest BCUT2D eigenvalue weighted by Gasteiger charge is 2.21. The Balaban J connectivity index is 1.70. The molecule has 0 aliphatic rings. The molecule has 1 atom stereocenters. The van der Waals surface area contributed by atoms with Crippen LogP contribution in [0.3, 0.4) is 0 Å². The minimum absolute atomic E-state index is 0.0720. The molecule has 0 aromatic heterocycles. The molecule has 0 radical (unpaired) electrons. The van der Waals surface area contributed by atoms with Gasteiger partial charge in [-0.2, -0.15) is 0 Å². The fourth-order valence-electron chi connectivity index (χ4n) is 3.46. The molecule has 4 aromatic rings. The first-order valence-corrected chi connectivity index (χ1v) is 9.56. The minimum atomic E-state index is -0.722. The van der Waals surface area contributed by atoms with Crippen LogP contribution in [0.2, 0.25) is 0 Å². The number of nitrogens with one attached hydrogen (secondary N) is 1. The van der Waals surface area contributed by atoms with E-state index in [9.17, 15) is 4.79 Å². The van der Waals surface area contributed by atoms with Crippen molar-refractivity contribution in [2.75, 3.05) is 11.9 Å². The lowest BCUT2D eigenvalue weighted by Crippen LogP contribution is -2.32. The molecule has 0 saturated heterocycles. The largest absolute Gasteiger partial charge is 0.354 e. The standard InChI is InChI=1S/C25H23NO2/c1-3-28-25(26-21-14-8-17(2)9-15-21)24(27)20-13-12-19-11-10-18-6-4-5-7-22(18)23(19)16-20/h4-16,25-26H,3H2,1-2H3. The van der Waals surface area contributed by atoms with Crippen LogP contribution in [0, 0.1) is 6.92 Å². The van der Waals surface area contributed by atoms with Gasteiger partial charge in [0.05, 0.1) is 0 Å². The molecule has 3 heteroatoms. The number of benzene rings is 4. The summed E-state index contributed by atoms with van der Waals surface area (Å²) in [4.78, 5) is 13.2. The van der Waals surface area contributed by atoms with Crippen LogP contribution in [-0.4, -0.2) is 18.6 Å². The van der Waals surface area contributed by atoms with Crippen molar-refractivity contribution in [3.8, 4) is 0 Å². The van der Waals surface area contributed by atoms with Crippen LogP contribution in [0.1, 0.15) is 22.8 Å². The van der Waals surface area contributed by atoms with Crippen molar-refractivity contribution in [1.29, 1.82) is 0 Å². The van der Waals surface area contributed by atoms with Crippen LogP contribution in [0.25, 0.3) is 21.5 Å². The second-order valence-electron chi connectivity index (χ2n) is 6.93. The van der Waals surface area contributed by atoms with Gasteiger partial charge in [0.1, 0.15) is 0 Å². The predicted molar refractivity (Wildman–Crippen MR) is 116 cm³/mol. The summed E-state index contributed by atoms with van der Waals surface area (Å²) in [7, 11) is 0. The molecule has 0 aliphatic carbocycles. The van der Waals surface area contributed by atoms with Gasteiger partial charge in [-0.15, -0.1) is 0 Å². The van der Waals surface area contributed by atoms with Gasteiger partial charge >= 0.3 is 0 Å². The quantitative estimate of drug-likeness (QED) is 0.259. The fraction of sp³-hybridized carbons (Fsp3) is 0.160. The molecule has 0 spiro atoms. The summed E-state index contributed by atoms with van der Waals surface area (Å²) < 4.78 is 5.73. The van der Waals surface area contributed by atoms with E-state index < -0.39 is 6.23 Å². The summed E-state index contributed by atoms with van der Waals surface area (Å²) in [6, 6.07) is 26.2. The van der Waals surface area contributed by atoms with Gasteiger partial charge in [-0.05, 0) is 53.6 Å². The number of carbonyl (C=O) groups is 1. The predicted octanol–water partition coefficient (Wildman–Crippen LogP) is 5.96. The molecular weight excluding hydrogens is 346 g/mol. The number of carbonyl (C=O) groups excluding carboxylic acids is 1. The monoisotopic (exact) mass is 369 g/mol. The smallest absolute Gasteiger partial charge is 0.212 e. The van der Waals surface area contributed by atoms with Crippen LogP contribution < -0.4 is 5.32 Å². The van der Waals surface area contributed by atoms with E-state index in [1.807, 2.05) is 68.4 Å². The van der Waals surface area contributed by atoms with Gasteiger partial charge in [-0.3, -0.25) is 4.79 Å². The normalized spacial score (nSPS) is 12.2. The molecule has 0 amide bonds. The number of ether oxygens (including phenoxy) is 1. The number of hydrogen-bond acceptors (Lipinski definition) is 3. The lowest BCUT2D eigenvalue weighted by molar-refractivity contribution is 0.0550. The molecule has 1 unspecified atom stereocenters. The lowest BCUT2D eigenvalue weighted by atomic mass is 9.98. The van der Waals surface area contributed by atoms with E-state index in [1.165, 1.54) is 10.9 Å². The second-order valence-corrected chi connectivity index (χ2v) is 6.93. The van der Waals surface area contributed by atoms with E-state index >= 15 is 0 Å². The van der Waals surface area contributed by atoms with Crippen molar-refractivity contribution in [3.05, 3.63) is 90.0 Å². The molecule has 0 saturated carbocycles. The zero-order valence-electron chi connectivity index (χ0n) is 16.1. The van der Waals surface area contributed by atoms with E-state index in [2.05, 4.69) is 29.6 Å². The van der Waals surface area contributed by atoms with Crippen LogP contribution in [-0.2, 0) is 4.74 Å². The van der Waals surface area contributed by atoms with E-state index in [-0.39, 0.29) is 5.78 Å². The van der Waals surface area contributed by atoms with Crippen LogP contribution >= 0.6 is 0 Å². The third-order valence-corrected chi connectivity index (χ3v) is 4.95. The van der Waals surface area contributed by atoms with Gasteiger partial charge in [0.25, 0.3) is 0 Å². The molecule has 0 heterocycles. The average molecular weight is 369 g/mol. The molecule has 4 rings (SSSR count). The summed E-state index contributed by atoms with van der Waals surface area (Å²) >= 11 is 0. The Labute approximate surface area is 165 Å². The topological polar surface area (TPSA) is 38.3 Å². The maximum absolute atomic E-state index is 13.2. The first-order chi connectivity index (χ1) is 13.7. The van der Waals surface area contributed by atoms with E-state index in [0.717, 1.165) is 21.8 Å². The number of anilines is 1. The number of rotatable bonds is 6. The Morgan fingerprint density at radius 2 is 1.57 bits per heavy atom. The van der Waals surface area contributed by atoms with Crippen LogP contribution in [0.15, 0.2) is 78.9 Å². The Morgan fingerprint density at radius 3 is 2.32 bits per heavy atom. The van der Waals surface area contributed by atoms with E-state index in [0.29, 0.717) is 12.2 Å². The zero-order valence-corrected chi connectivity index (χ0v) is 16.1. The molecule has 0 bridgehead atoms. The fourth-order valence-corrected chi connectivity index (χ4v) is 3.46. The highest BCUT2D eigenvalue weighted by Crippen LogP contribution is 2.27. The number of hydrogen-bond donors (Lipinski definition) is 1. The summed E-state index contributed by atoms with van der Waals surface area (Å²) in [5, 5.41) is 7.73. The maximum Gasteiger partial charge on any atom is 0.212 e. The third-order valence-electron chi connectivity index (χ3n) is 4.95. The van der Waals surface area contributed by atoms with Gasteiger partial charge < -0.3 is 10.1 Å². The SMILES string of the molecule is CCOC(Nc1ccc(C)cc1)C(=O)c1ccc2ccc3ccccc3c2c1. The molecule has 0 aliphatic heterocycles. The lowest BCUT2D eigenvalue weighted by Gasteiger charge is -2.19. The summed E-state index contributed by atoms with van der Waals surface area (Å²) in [6.07, 6.45) is -0.722. The minimum Gasteiger partial charge on any atom is -0.354 e. The molecule has 140 valence electrons. The molecule has 3 nitrogen and oxygen atoms in total. The summed E-state index contributed by atoms with van der Waals surface area (Å²) in [6.45, 7) is 4.38. The van der Waals surface area contributed by atoms with Crippen molar-refractivity contribution in [2.24, 2.45) is 0 Å². The van der Waals surface area contributed by atoms with E-state index in [1.54, 1.807) is 0 Å². The second kappa shape index (κ2) is 7.83. The van der Waals surface area contributed by atoms with Gasteiger partial charge in [0, 0.05) is 17.9 Å². The molecular formula is C25H23NO2. The molecule has 28 heavy (non-hydrogen) atoms. The van der Waals surface area contributed by atoms with Crippen molar-refractivity contribution in [2.45, 2.75) is 20.1 Å². The Kier molecular flexibility index (Phi) is 5.09. The van der Waals surface area contributed by atoms with Crippen molar-refractivity contribution >= 4 is 33.0 Å². The number of ketones is 1. The molecule has 0 fully saturated rings. The van der Waals surface area contributed by atoms with Crippen molar-refractivity contribution < 1.29 is 9.53 Å².